The lowest BCUT2D eigenvalue weighted by molar-refractivity contribution is 0.104. The topological polar surface area (TPSA) is 34.9 Å². The number of rotatable bonds is 5. The summed E-state index contributed by atoms with van der Waals surface area (Å²) in [4.78, 5) is 12.1. The molecule has 0 N–H and O–H groups in total. The molecule has 0 radical (unpaired) electrons. The zero-order valence-corrected chi connectivity index (χ0v) is 13.1. The zero-order chi connectivity index (χ0) is 15.4. The first-order valence-electron chi connectivity index (χ1n) is 7.34. The summed E-state index contributed by atoms with van der Waals surface area (Å²) in [7, 11) is 0. The van der Waals surface area contributed by atoms with Crippen LogP contribution in [0.5, 0.6) is 0 Å². The molecule has 2 aromatic rings. The van der Waals surface area contributed by atoms with Gasteiger partial charge in [-0.05, 0) is 37.0 Å². The fourth-order valence-electron chi connectivity index (χ4n) is 2.01. The van der Waals surface area contributed by atoms with Crippen LogP contribution in [0.3, 0.4) is 0 Å². The smallest absolute Gasteiger partial charge is 0.189 e. The van der Waals surface area contributed by atoms with Crippen LogP contribution >= 0.6 is 0 Å². The molecular formula is C18H22N2O. The van der Waals surface area contributed by atoms with E-state index in [1.54, 1.807) is 23.2 Å². The number of aromatic nitrogens is 2. The highest BCUT2D eigenvalue weighted by molar-refractivity contribution is 6.06. The third-order valence-electron chi connectivity index (χ3n) is 3.45. The molecule has 0 aliphatic rings. The maximum atomic E-state index is 12.1. The van der Waals surface area contributed by atoms with E-state index in [-0.39, 0.29) is 11.8 Å². The summed E-state index contributed by atoms with van der Waals surface area (Å²) in [5.74, 6) is 0.501. The van der Waals surface area contributed by atoms with Crippen molar-refractivity contribution >= 4 is 11.9 Å². The first-order valence-corrected chi connectivity index (χ1v) is 7.34. The van der Waals surface area contributed by atoms with Crippen molar-refractivity contribution in [2.75, 3.05) is 0 Å². The van der Waals surface area contributed by atoms with Crippen molar-refractivity contribution in [3.8, 4) is 0 Å². The molecule has 0 saturated carbocycles. The van der Waals surface area contributed by atoms with Gasteiger partial charge in [-0.3, -0.25) is 9.48 Å². The predicted octanol–water partition coefficient (Wildman–Crippen LogP) is 4.48. The maximum Gasteiger partial charge on any atom is 0.189 e. The minimum absolute atomic E-state index is 0.0187. The first-order chi connectivity index (χ1) is 9.97. The minimum atomic E-state index is -0.0187. The molecule has 1 aromatic carbocycles. The Bertz CT molecular complexity index is 633. The Morgan fingerprint density at radius 2 is 1.81 bits per heavy atom. The van der Waals surface area contributed by atoms with Crippen molar-refractivity contribution in [1.29, 1.82) is 0 Å². The quantitative estimate of drug-likeness (QED) is 0.598. The molecule has 0 unspecified atom stereocenters. The van der Waals surface area contributed by atoms with E-state index >= 15 is 0 Å². The first kappa shape index (κ1) is 15.2. The molecule has 1 aromatic heterocycles. The maximum absolute atomic E-state index is 12.1. The molecule has 0 atom stereocenters. The largest absolute Gasteiger partial charge is 0.289 e. The second-order valence-corrected chi connectivity index (χ2v) is 5.82. The lowest BCUT2D eigenvalue weighted by atomic mass is 10.0. The van der Waals surface area contributed by atoms with Gasteiger partial charge in [0.05, 0.1) is 11.8 Å². The Kier molecular flexibility index (Phi) is 4.73. The highest BCUT2D eigenvalue weighted by Gasteiger charge is 2.07. The predicted molar refractivity (Wildman–Crippen MR) is 86.5 cm³/mol. The van der Waals surface area contributed by atoms with E-state index in [1.807, 2.05) is 32.1 Å². The summed E-state index contributed by atoms with van der Waals surface area (Å²) in [6.45, 7) is 8.41. The van der Waals surface area contributed by atoms with Crippen LogP contribution in [0.1, 0.15) is 61.1 Å². The van der Waals surface area contributed by atoms with E-state index in [2.05, 4.69) is 31.1 Å². The van der Waals surface area contributed by atoms with E-state index in [0.717, 1.165) is 5.56 Å². The molecule has 3 heteroatoms. The molecule has 0 aliphatic heterocycles. The number of hydrogen-bond acceptors (Lipinski definition) is 2. The molecule has 0 bridgehead atoms. The van der Waals surface area contributed by atoms with Gasteiger partial charge in [-0.2, -0.15) is 5.10 Å². The number of nitrogens with zero attached hydrogens (tertiary/aromatic N) is 2. The van der Waals surface area contributed by atoms with Crippen LogP contribution < -0.4 is 0 Å². The van der Waals surface area contributed by atoms with Gasteiger partial charge < -0.3 is 0 Å². The molecule has 3 nitrogen and oxygen atoms in total. The van der Waals surface area contributed by atoms with Crippen molar-refractivity contribution in [3.63, 3.8) is 0 Å². The van der Waals surface area contributed by atoms with Gasteiger partial charge in [-0.1, -0.05) is 44.2 Å². The average Bonchev–Trinajstić information content (AvgIpc) is 2.95. The van der Waals surface area contributed by atoms with Crippen molar-refractivity contribution in [2.45, 2.75) is 39.7 Å². The number of hydrogen-bond donors (Lipinski definition) is 0. The fraction of sp³-hybridized carbons (Fsp3) is 0.333. The van der Waals surface area contributed by atoms with E-state index < -0.39 is 0 Å². The lowest BCUT2D eigenvalue weighted by Crippen LogP contribution is -2.00. The molecular weight excluding hydrogens is 260 g/mol. The van der Waals surface area contributed by atoms with Crippen LogP contribution in [-0.4, -0.2) is 15.6 Å². The summed E-state index contributed by atoms with van der Waals surface area (Å²) in [6, 6.07) is 8.55. The van der Waals surface area contributed by atoms with Crippen molar-refractivity contribution < 1.29 is 4.79 Å². The van der Waals surface area contributed by atoms with Crippen molar-refractivity contribution in [1.82, 2.24) is 9.78 Å². The molecule has 110 valence electrons. The molecule has 0 aliphatic carbocycles. The van der Waals surface area contributed by atoms with Gasteiger partial charge >= 0.3 is 0 Å². The number of ketones is 1. The lowest BCUT2D eigenvalue weighted by Gasteiger charge is -2.04. The van der Waals surface area contributed by atoms with Gasteiger partial charge in [-0.15, -0.1) is 0 Å². The molecule has 1 heterocycles. The second-order valence-electron chi connectivity index (χ2n) is 5.82. The number of carbonyl (C=O) groups excluding carboxylic acids is 1. The van der Waals surface area contributed by atoms with Crippen LogP contribution in [0.25, 0.3) is 6.08 Å². The SMILES string of the molecule is CC(C)c1ccc(C=CC(=O)c2cnn(C(C)C)c2)cc1. The second kappa shape index (κ2) is 6.53. The highest BCUT2D eigenvalue weighted by Crippen LogP contribution is 2.15. The van der Waals surface area contributed by atoms with Gasteiger partial charge in [0.15, 0.2) is 5.78 Å². The van der Waals surface area contributed by atoms with Crippen LogP contribution in [0.2, 0.25) is 0 Å². The molecule has 0 amide bonds. The van der Waals surface area contributed by atoms with E-state index in [1.165, 1.54) is 5.56 Å². The Morgan fingerprint density at radius 1 is 1.14 bits per heavy atom. The molecule has 0 fully saturated rings. The molecule has 21 heavy (non-hydrogen) atoms. The Hall–Kier alpha value is -2.16. The summed E-state index contributed by atoms with van der Waals surface area (Å²) < 4.78 is 1.79. The standard InChI is InChI=1S/C18H22N2O/c1-13(2)16-8-5-15(6-9-16)7-10-18(21)17-11-19-20(12-17)14(3)4/h5-14H,1-4H3. The zero-order valence-electron chi connectivity index (χ0n) is 13.1. The molecule has 0 saturated heterocycles. The third kappa shape index (κ3) is 3.91. The number of benzene rings is 1. The Morgan fingerprint density at radius 3 is 2.33 bits per heavy atom. The third-order valence-corrected chi connectivity index (χ3v) is 3.45. The van der Waals surface area contributed by atoms with Crippen molar-refractivity contribution in [2.24, 2.45) is 0 Å². The summed E-state index contributed by atoms with van der Waals surface area (Å²) in [6.07, 6.45) is 6.86. The number of carbonyl (C=O) groups is 1. The molecule has 0 spiro atoms. The minimum Gasteiger partial charge on any atom is -0.289 e. The molecule has 2 rings (SSSR count). The normalized spacial score (nSPS) is 11.7. The van der Waals surface area contributed by atoms with E-state index in [0.29, 0.717) is 11.5 Å². The van der Waals surface area contributed by atoms with Gasteiger partial charge in [-0.25, -0.2) is 0 Å². The van der Waals surface area contributed by atoms with Gasteiger partial charge in [0.1, 0.15) is 0 Å². The monoisotopic (exact) mass is 282 g/mol. The fourth-order valence-corrected chi connectivity index (χ4v) is 2.01. The average molecular weight is 282 g/mol. The van der Waals surface area contributed by atoms with Gasteiger partial charge in [0.25, 0.3) is 0 Å². The van der Waals surface area contributed by atoms with E-state index in [9.17, 15) is 4.79 Å². The summed E-state index contributed by atoms with van der Waals surface area (Å²) in [5.41, 5.74) is 2.96. The van der Waals surface area contributed by atoms with Crippen LogP contribution in [-0.2, 0) is 0 Å². The van der Waals surface area contributed by atoms with E-state index in [4.69, 9.17) is 0 Å². The van der Waals surface area contributed by atoms with Crippen LogP contribution in [0.4, 0.5) is 0 Å². The number of allylic oxidation sites excluding steroid dienone is 1. The Labute approximate surface area is 126 Å². The van der Waals surface area contributed by atoms with Crippen LogP contribution in [0.15, 0.2) is 42.7 Å². The Balaban J connectivity index is 2.07. The highest BCUT2D eigenvalue weighted by atomic mass is 16.1. The summed E-state index contributed by atoms with van der Waals surface area (Å²) >= 11 is 0. The van der Waals surface area contributed by atoms with Crippen molar-refractivity contribution in [3.05, 3.63) is 59.4 Å². The summed E-state index contributed by atoms with van der Waals surface area (Å²) in [5, 5.41) is 4.18. The van der Waals surface area contributed by atoms with Gasteiger partial charge in [0.2, 0.25) is 0 Å². The van der Waals surface area contributed by atoms with Crippen LogP contribution in [0, 0.1) is 0 Å². The van der Waals surface area contributed by atoms with Gasteiger partial charge in [0, 0.05) is 12.2 Å².